The molecule has 1 aromatic heterocycles. The molecule has 3 atom stereocenters. The van der Waals surface area contributed by atoms with Gasteiger partial charge in [-0.05, 0) is 79.7 Å². The van der Waals surface area contributed by atoms with E-state index in [9.17, 15) is 5.11 Å². The lowest BCUT2D eigenvalue weighted by atomic mass is 9.52. The monoisotopic (exact) mass is 428 g/mol. The third-order valence-electron chi connectivity index (χ3n) is 7.66. The molecule has 0 amide bonds. The quantitative estimate of drug-likeness (QED) is 0.521. The van der Waals surface area contributed by atoms with Crippen molar-refractivity contribution in [2.24, 2.45) is 5.92 Å². The van der Waals surface area contributed by atoms with Gasteiger partial charge in [0.1, 0.15) is 5.75 Å². The van der Waals surface area contributed by atoms with Crippen molar-refractivity contribution in [1.29, 1.82) is 0 Å². The molecule has 1 heterocycles. The van der Waals surface area contributed by atoms with Crippen LogP contribution in [0.15, 0.2) is 67.1 Å². The molecule has 4 heteroatoms. The van der Waals surface area contributed by atoms with E-state index in [0.29, 0.717) is 11.8 Å². The van der Waals surface area contributed by atoms with Crippen molar-refractivity contribution in [3.63, 3.8) is 0 Å². The predicted molar refractivity (Wildman–Crippen MR) is 126 cm³/mol. The molecule has 0 unspecified atom stereocenters. The van der Waals surface area contributed by atoms with Crippen LogP contribution in [0.1, 0.15) is 62.1 Å². The van der Waals surface area contributed by atoms with Crippen molar-refractivity contribution >= 4 is 0 Å². The number of rotatable bonds is 6. The highest BCUT2D eigenvalue weighted by Gasteiger charge is 2.51. The van der Waals surface area contributed by atoms with Gasteiger partial charge in [0.2, 0.25) is 5.88 Å². The smallest absolute Gasteiger partial charge is 0.237 e. The van der Waals surface area contributed by atoms with Crippen LogP contribution in [-0.2, 0) is 18.3 Å². The van der Waals surface area contributed by atoms with Crippen molar-refractivity contribution in [2.45, 2.75) is 69.3 Å². The fourth-order valence-electron chi connectivity index (χ4n) is 6.24. The Labute approximate surface area is 190 Å². The molecule has 5 rings (SSSR count). The number of hydrogen-bond acceptors (Lipinski definition) is 4. The number of hydrogen-bond donors (Lipinski definition) is 1. The van der Waals surface area contributed by atoms with E-state index in [1.807, 2.05) is 0 Å². The van der Waals surface area contributed by atoms with Gasteiger partial charge in [-0.2, -0.15) is 0 Å². The molecule has 2 aliphatic carbocycles. The minimum atomic E-state index is -0.508. The summed E-state index contributed by atoms with van der Waals surface area (Å²) in [4.78, 5) is 8.34. The number of benzene rings is 2. The Morgan fingerprint density at radius 1 is 1.09 bits per heavy atom. The molecule has 1 fully saturated rings. The first-order chi connectivity index (χ1) is 15.6. The molecule has 0 bridgehead atoms. The summed E-state index contributed by atoms with van der Waals surface area (Å²) in [5.74, 6) is 1.82. The molecule has 0 spiro atoms. The molecule has 0 radical (unpaired) electrons. The van der Waals surface area contributed by atoms with Crippen LogP contribution in [0.25, 0.3) is 0 Å². The second-order valence-electron chi connectivity index (χ2n) is 9.70. The largest absolute Gasteiger partial charge is 0.437 e. The maximum Gasteiger partial charge on any atom is 0.237 e. The Hall–Kier alpha value is -2.72. The lowest BCUT2D eigenvalue weighted by Crippen LogP contribution is -2.51. The van der Waals surface area contributed by atoms with Gasteiger partial charge in [0, 0.05) is 17.8 Å². The van der Waals surface area contributed by atoms with Gasteiger partial charge in [0.25, 0.3) is 0 Å². The fraction of sp³-hybridized carbons (Fsp3) is 0.429. The molecule has 2 aliphatic rings. The van der Waals surface area contributed by atoms with Gasteiger partial charge in [-0.3, -0.25) is 4.98 Å². The first-order valence-electron chi connectivity index (χ1n) is 11.9. The normalized spacial score (nSPS) is 26.8. The highest BCUT2D eigenvalue weighted by molar-refractivity contribution is 5.45. The van der Waals surface area contributed by atoms with E-state index in [2.05, 4.69) is 65.4 Å². The van der Waals surface area contributed by atoms with Crippen molar-refractivity contribution in [3.05, 3.63) is 83.8 Å². The lowest BCUT2D eigenvalue weighted by molar-refractivity contribution is -0.0565. The number of ether oxygens (including phenoxy) is 1. The van der Waals surface area contributed by atoms with Crippen LogP contribution in [0.4, 0.5) is 0 Å². The minimum absolute atomic E-state index is 0.0694. The Morgan fingerprint density at radius 3 is 2.75 bits per heavy atom. The van der Waals surface area contributed by atoms with E-state index >= 15 is 0 Å². The maximum absolute atomic E-state index is 11.3. The number of nitrogens with zero attached hydrogens (tertiary/aromatic N) is 2. The van der Waals surface area contributed by atoms with Gasteiger partial charge in [-0.15, -0.1) is 0 Å². The Balaban J connectivity index is 1.51. The second-order valence-corrected chi connectivity index (χ2v) is 9.70. The van der Waals surface area contributed by atoms with Crippen molar-refractivity contribution in [3.8, 4) is 11.6 Å². The van der Waals surface area contributed by atoms with Crippen LogP contribution >= 0.6 is 0 Å². The third-order valence-corrected chi connectivity index (χ3v) is 7.66. The van der Waals surface area contributed by atoms with Crippen LogP contribution in [-0.4, -0.2) is 20.7 Å². The number of fused-ring (bicyclic) bond motifs is 3. The summed E-state index contributed by atoms with van der Waals surface area (Å²) in [5, 5.41) is 11.3. The molecule has 1 saturated carbocycles. The zero-order chi connectivity index (χ0) is 22.0. The molecule has 1 N–H and O–H groups in total. The number of aromatic nitrogens is 2. The SMILES string of the molecule is CCC[C@@]1(O)CC[C@@]2(Cc3ccccc3)c3ccc(Oc4cnccn4)cc3CC[C@@H]2C1. The van der Waals surface area contributed by atoms with Crippen LogP contribution in [0.2, 0.25) is 0 Å². The lowest BCUT2D eigenvalue weighted by Gasteiger charge is -2.53. The summed E-state index contributed by atoms with van der Waals surface area (Å²) in [7, 11) is 0. The van der Waals surface area contributed by atoms with Crippen molar-refractivity contribution < 1.29 is 9.84 Å². The molecular weight excluding hydrogens is 396 g/mol. The zero-order valence-electron chi connectivity index (χ0n) is 18.8. The van der Waals surface area contributed by atoms with Crippen molar-refractivity contribution in [1.82, 2.24) is 9.97 Å². The summed E-state index contributed by atoms with van der Waals surface area (Å²) < 4.78 is 5.98. The first kappa shape index (κ1) is 21.1. The molecule has 3 aromatic rings. The van der Waals surface area contributed by atoms with E-state index < -0.39 is 5.60 Å². The summed E-state index contributed by atoms with van der Waals surface area (Å²) in [6.07, 6.45) is 12.9. The standard InChI is InChI=1S/C28H32N2O2/c1-2-12-27(31)13-14-28(18-21-6-4-3-5-7-21)23(19-27)9-8-22-17-24(10-11-25(22)28)32-26-20-29-15-16-30-26/h3-7,10-11,15-17,20,23,31H,2,8-9,12-14,18-19H2,1H3/t23-,27-,28+/m1/s1. The van der Waals surface area contributed by atoms with Gasteiger partial charge >= 0.3 is 0 Å². The van der Waals surface area contributed by atoms with Crippen molar-refractivity contribution in [2.75, 3.05) is 0 Å². The zero-order valence-corrected chi connectivity index (χ0v) is 18.8. The highest BCUT2D eigenvalue weighted by Crippen LogP contribution is 2.55. The molecule has 32 heavy (non-hydrogen) atoms. The average Bonchev–Trinajstić information content (AvgIpc) is 2.81. The minimum Gasteiger partial charge on any atom is -0.437 e. The highest BCUT2D eigenvalue weighted by atomic mass is 16.5. The van der Waals surface area contributed by atoms with Crippen LogP contribution in [0.3, 0.4) is 0 Å². The van der Waals surface area contributed by atoms with Gasteiger partial charge in [-0.25, -0.2) is 4.98 Å². The van der Waals surface area contributed by atoms with E-state index in [1.165, 1.54) is 16.7 Å². The van der Waals surface area contributed by atoms with E-state index in [4.69, 9.17) is 4.74 Å². The molecule has 4 nitrogen and oxygen atoms in total. The molecule has 2 aromatic carbocycles. The molecule has 166 valence electrons. The topological polar surface area (TPSA) is 55.2 Å². The van der Waals surface area contributed by atoms with Crippen LogP contribution in [0, 0.1) is 5.92 Å². The summed E-state index contributed by atoms with van der Waals surface area (Å²) >= 11 is 0. The average molecular weight is 429 g/mol. The molecular formula is C28H32N2O2. The first-order valence-corrected chi connectivity index (χ1v) is 11.9. The summed E-state index contributed by atoms with van der Waals surface area (Å²) in [6.45, 7) is 2.18. The van der Waals surface area contributed by atoms with Gasteiger partial charge in [0.15, 0.2) is 0 Å². The predicted octanol–water partition coefficient (Wildman–Crippen LogP) is 6.03. The Kier molecular flexibility index (Phi) is 5.73. The Morgan fingerprint density at radius 2 is 1.97 bits per heavy atom. The van der Waals surface area contributed by atoms with Gasteiger partial charge in [0.05, 0.1) is 11.8 Å². The van der Waals surface area contributed by atoms with Gasteiger partial charge < -0.3 is 9.84 Å². The number of aliphatic hydroxyl groups is 1. The van der Waals surface area contributed by atoms with Gasteiger partial charge in [-0.1, -0.05) is 49.7 Å². The van der Waals surface area contributed by atoms with E-state index in [-0.39, 0.29) is 5.41 Å². The van der Waals surface area contributed by atoms with E-state index in [1.54, 1.807) is 18.6 Å². The van der Waals surface area contributed by atoms with Crippen LogP contribution < -0.4 is 4.74 Å². The Bertz CT molecular complexity index is 1060. The van der Waals surface area contributed by atoms with Crippen LogP contribution in [0.5, 0.6) is 11.6 Å². The summed E-state index contributed by atoms with van der Waals surface area (Å²) in [6, 6.07) is 17.4. The number of aryl methyl sites for hydroxylation is 1. The fourth-order valence-corrected chi connectivity index (χ4v) is 6.24. The second kappa shape index (κ2) is 8.67. The summed E-state index contributed by atoms with van der Waals surface area (Å²) in [5.41, 5.74) is 3.76. The maximum atomic E-state index is 11.3. The molecule has 0 aliphatic heterocycles. The molecule has 0 saturated heterocycles. The third kappa shape index (κ3) is 4.04. The van der Waals surface area contributed by atoms with E-state index in [0.717, 1.165) is 57.1 Å².